The van der Waals surface area contributed by atoms with Crippen LogP contribution in [0.5, 0.6) is 5.75 Å². The lowest BCUT2D eigenvalue weighted by atomic mass is 9.98. The number of carbonyl (C=O) groups is 2. The van der Waals surface area contributed by atoms with E-state index >= 15 is 0 Å². The van der Waals surface area contributed by atoms with Crippen molar-refractivity contribution in [2.75, 3.05) is 14.2 Å². The Bertz CT molecular complexity index is 1160. The molecule has 1 N–H and O–H groups in total. The van der Waals surface area contributed by atoms with Gasteiger partial charge in [0.15, 0.2) is 5.69 Å². The maximum atomic E-state index is 13.7. The van der Waals surface area contributed by atoms with Crippen molar-refractivity contribution in [1.29, 1.82) is 0 Å². The number of carbonyl (C=O) groups excluding carboxylic acids is 2. The first kappa shape index (κ1) is 22.3. The van der Waals surface area contributed by atoms with Crippen LogP contribution >= 0.6 is 15.9 Å². The van der Waals surface area contributed by atoms with E-state index in [4.69, 9.17) is 9.47 Å². The minimum atomic E-state index is -4.90. The maximum Gasteiger partial charge on any atom is 0.417 e. The van der Waals surface area contributed by atoms with Gasteiger partial charge < -0.3 is 14.6 Å². The molecule has 0 bridgehead atoms. The first-order chi connectivity index (χ1) is 14.6. The largest absolute Gasteiger partial charge is 0.506 e. The number of aromatic nitrogens is 2. The predicted octanol–water partition coefficient (Wildman–Crippen LogP) is 4.60. The first-order valence-corrected chi connectivity index (χ1v) is 9.35. The van der Waals surface area contributed by atoms with Crippen LogP contribution in [0, 0.1) is 0 Å². The van der Waals surface area contributed by atoms with Gasteiger partial charge in [-0.15, -0.1) is 0 Å². The third kappa shape index (κ3) is 4.00. The second-order valence-corrected chi connectivity index (χ2v) is 6.97. The second kappa shape index (κ2) is 8.42. The molecule has 0 aliphatic heterocycles. The molecule has 0 radical (unpaired) electrons. The number of aromatic hydroxyl groups is 1. The molecule has 162 valence electrons. The SMILES string of the molecule is COC(=O)c1c(-c2c(C(F)(F)F)ccc(Br)c2O)nn(-c2ccccc2)c1C(=O)OC. The lowest BCUT2D eigenvalue weighted by Gasteiger charge is -2.14. The summed E-state index contributed by atoms with van der Waals surface area (Å²) in [6.45, 7) is 0. The zero-order valence-electron chi connectivity index (χ0n) is 16.0. The fourth-order valence-electron chi connectivity index (χ4n) is 2.97. The van der Waals surface area contributed by atoms with Crippen LogP contribution in [0.3, 0.4) is 0 Å². The van der Waals surface area contributed by atoms with Crippen LogP contribution in [0.15, 0.2) is 46.9 Å². The highest BCUT2D eigenvalue weighted by Crippen LogP contribution is 2.46. The summed E-state index contributed by atoms with van der Waals surface area (Å²) in [6.07, 6.45) is -4.90. The number of rotatable bonds is 4. The highest BCUT2D eigenvalue weighted by atomic mass is 79.9. The number of methoxy groups -OCH3 is 2. The van der Waals surface area contributed by atoms with E-state index in [1.54, 1.807) is 18.2 Å². The van der Waals surface area contributed by atoms with Crippen LogP contribution in [-0.4, -0.2) is 41.0 Å². The van der Waals surface area contributed by atoms with Crippen molar-refractivity contribution in [3.05, 3.63) is 63.8 Å². The molecule has 0 atom stereocenters. The molecule has 0 spiro atoms. The Labute approximate surface area is 182 Å². The molecule has 0 amide bonds. The summed E-state index contributed by atoms with van der Waals surface area (Å²) < 4.78 is 51.6. The Morgan fingerprint density at radius 3 is 2.19 bits per heavy atom. The highest BCUT2D eigenvalue weighted by molar-refractivity contribution is 9.10. The summed E-state index contributed by atoms with van der Waals surface area (Å²) in [5.74, 6) is -2.98. The van der Waals surface area contributed by atoms with Crippen molar-refractivity contribution in [3.63, 3.8) is 0 Å². The number of hydrogen-bond donors (Lipinski definition) is 1. The van der Waals surface area contributed by atoms with E-state index in [1.807, 2.05) is 0 Å². The monoisotopic (exact) mass is 498 g/mol. The van der Waals surface area contributed by atoms with Gasteiger partial charge in [0.05, 0.1) is 35.5 Å². The predicted molar refractivity (Wildman–Crippen MR) is 106 cm³/mol. The van der Waals surface area contributed by atoms with Gasteiger partial charge in [0, 0.05) is 0 Å². The number of halogens is 4. The molecule has 0 aliphatic rings. The van der Waals surface area contributed by atoms with Crippen molar-refractivity contribution in [1.82, 2.24) is 9.78 Å². The Balaban J connectivity index is 2.51. The topological polar surface area (TPSA) is 90.6 Å². The minimum absolute atomic E-state index is 0.0693. The summed E-state index contributed by atoms with van der Waals surface area (Å²) in [5.41, 5.74) is -3.42. The molecule has 1 heterocycles. The van der Waals surface area contributed by atoms with E-state index in [2.05, 4.69) is 21.0 Å². The number of phenols is 1. The van der Waals surface area contributed by atoms with Crippen molar-refractivity contribution in [3.8, 4) is 22.7 Å². The number of ether oxygens (including phenoxy) is 2. The normalized spacial score (nSPS) is 11.3. The first-order valence-electron chi connectivity index (χ1n) is 8.55. The van der Waals surface area contributed by atoms with Crippen LogP contribution < -0.4 is 0 Å². The standard InChI is InChI=1S/C20H14BrF3N2O5/c1-30-18(28)14-15(13-11(20(22,23)24)8-9-12(21)17(13)27)25-26(16(14)19(29)31-2)10-6-4-3-5-7-10/h3-9,27H,1-2H3. The van der Waals surface area contributed by atoms with E-state index < -0.39 is 51.9 Å². The number of alkyl halides is 3. The fraction of sp³-hybridized carbons (Fsp3) is 0.150. The average molecular weight is 499 g/mol. The van der Waals surface area contributed by atoms with Gasteiger partial charge in [-0.2, -0.15) is 18.3 Å². The highest BCUT2D eigenvalue weighted by Gasteiger charge is 2.40. The lowest BCUT2D eigenvalue weighted by molar-refractivity contribution is -0.137. The third-order valence-corrected chi connectivity index (χ3v) is 4.97. The zero-order chi connectivity index (χ0) is 22.9. The van der Waals surface area contributed by atoms with Crippen LogP contribution in [0.1, 0.15) is 26.4 Å². The summed E-state index contributed by atoms with van der Waals surface area (Å²) in [6, 6.07) is 9.66. The van der Waals surface area contributed by atoms with Gasteiger partial charge in [-0.05, 0) is 40.2 Å². The number of esters is 2. The number of para-hydroxylation sites is 1. The molecule has 7 nitrogen and oxygen atoms in total. The summed E-state index contributed by atoms with van der Waals surface area (Å²) in [5, 5.41) is 14.6. The Morgan fingerprint density at radius 1 is 1.03 bits per heavy atom. The van der Waals surface area contributed by atoms with Gasteiger partial charge >= 0.3 is 18.1 Å². The van der Waals surface area contributed by atoms with Crippen molar-refractivity contribution in [2.45, 2.75) is 6.18 Å². The number of nitrogens with zero attached hydrogens (tertiary/aromatic N) is 2. The maximum absolute atomic E-state index is 13.7. The van der Waals surface area contributed by atoms with E-state index in [-0.39, 0.29) is 10.2 Å². The van der Waals surface area contributed by atoms with E-state index in [0.29, 0.717) is 0 Å². The smallest absolute Gasteiger partial charge is 0.417 e. The van der Waals surface area contributed by atoms with Gasteiger partial charge in [-0.25, -0.2) is 14.3 Å². The molecule has 0 saturated carbocycles. The zero-order valence-corrected chi connectivity index (χ0v) is 17.6. The summed E-state index contributed by atoms with van der Waals surface area (Å²) in [7, 11) is 2.04. The molecule has 3 aromatic rings. The molecule has 0 aliphatic carbocycles. The Kier molecular flexibility index (Phi) is 6.07. The van der Waals surface area contributed by atoms with Gasteiger partial charge in [-0.3, -0.25) is 0 Å². The van der Waals surface area contributed by atoms with Gasteiger partial charge in [0.2, 0.25) is 0 Å². The Hall–Kier alpha value is -3.34. The molecule has 11 heteroatoms. The molecule has 0 saturated heterocycles. The van der Waals surface area contributed by atoms with Gasteiger partial charge in [-0.1, -0.05) is 18.2 Å². The van der Waals surface area contributed by atoms with Crippen molar-refractivity contribution in [2.24, 2.45) is 0 Å². The average Bonchev–Trinajstić information content (AvgIpc) is 3.14. The van der Waals surface area contributed by atoms with Gasteiger partial charge in [0.25, 0.3) is 0 Å². The molecular weight excluding hydrogens is 485 g/mol. The van der Waals surface area contributed by atoms with Crippen molar-refractivity contribution >= 4 is 27.9 Å². The Morgan fingerprint density at radius 2 is 1.65 bits per heavy atom. The van der Waals surface area contributed by atoms with E-state index in [1.165, 1.54) is 12.1 Å². The molecule has 0 unspecified atom stereocenters. The number of phenolic OH excluding ortho intramolecular Hbond substituents is 1. The molecule has 31 heavy (non-hydrogen) atoms. The molecule has 2 aromatic carbocycles. The molecule has 1 aromatic heterocycles. The molecule has 3 rings (SSSR count). The summed E-state index contributed by atoms with van der Waals surface area (Å²) >= 11 is 2.98. The molecule has 0 fully saturated rings. The van der Waals surface area contributed by atoms with Crippen LogP contribution in [0.25, 0.3) is 16.9 Å². The van der Waals surface area contributed by atoms with E-state index in [9.17, 15) is 27.9 Å². The van der Waals surface area contributed by atoms with Crippen molar-refractivity contribution < 1.29 is 37.3 Å². The minimum Gasteiger partial charge on any atom is -0.506 e. The number of hydrogen-bond acceptors (Lipinski definition) is 6. The fourth-order valence-corrected chi connectivity index (χ4v) is 3.30. The van der Waals surface area contributed by atoms with Crippen LogP contribution in [0.2, 0.25) is 0 Å². The van der Waals surface area contributed by atoms with E-state index in [0.717, 1.165) is 31.0 Å². The summed E-state index contributed by atoms with van der Waals surface area (Å²) in [4.78, 5) is 25.1. The van der Waals surface area contributed by atoms with Gasteiger partial charge in [0.1, 0.15) is 17.0 Å². The number of benzene rings is 2. The third-order valence-electron chi connectivity index (χ3n) is 4.33. The lowest BCUT2D eigenvalue weighted by Crippen LogP contribution is -2.15. The van der Waals surface area contributed by atoms with Crippen LogP contribution in [-0.2, 0) is 15.7 Å². The second-order valence-electron chi connectivity index (χ2n) is 6.12. The molecular formula is C20H14BrF3N2O5. The quantitative estimate of drug-likeness (QED) is 0.528. The van der Waals surface area contributed by atoms with Crippen LogP contribution in [0.4, 0.5) is 13.2 Å².